The average Bonchev–Trinajstić information content (AvgIpc) is 2.88. The number of carboxylic acids is 1. The average molecular weight is 330 g/mol. The smallest absolute Gasteiger partial charge is 0.306 e. The van der Waals surface area contributed by atoms with Crippen molar-refractivity contribution < 1.29 is 14.7 Å². The van der Waals surface area contributed by atoms with Crippen LogP contribution in [-0.4, -0.2) is 17.0 Å². The topological polar surface area (TPSA) is 66.4 Å². The van der Waals surface area contributed by atoms with Gasteiger partial charge < -0.3 is 10.4 Å². The molecule has 1 aromatic rings. The normalized spacial score (nSPS) is 22.8. The van der Waals surface area contributed by atoms with Gasteiger partial charge in [0.15, 0.2) is 0 Å². The van der Waals surface area contributed by atoms with Gasteiger partial charge in [0.05, 0.1) is 12.0 Å². The van der Waals surface area contributed by atoms with Gasteiger partial charge in [-0.25, -0.2) is 0 Å². The van der Waals surface area contributed by atoms with Crippen LogP contribution < -0.4 is 5.32 Å². The van der Waals surface area contributed by atoms with Crippen molar-refractivity contribution in [3.63, 3.8) is 0 Å². The maximum Gasteiger partial charge on any atom is 0.306 e. The lowest BCUT2D eigenvalue weighted by Crippen LogP contribution is -2.32. The summed E-state index contributed by atoms with van der Waals surface area (Å²) in [5.41, 5.74) is 0.794. The number of halogens is 2. The predicted octanol–water partition coefficient (Wildman–Crippen LogP) is 3.67. The summed E-state index contributed by atoms with van der Waals surface area (Å²) in [6, 6.07) is 4.90. The molecule has 2 N–H and O–H groups in total. The first-order valence-corrected chi connectivity index (χ1v) is 7.62. The molecule has 0 aliphatic heterocycles. The fourth-order valence-corrected chi connectivity index (χ4v) is 3.28. The predicted molar refractivity (Wildman–Crippen MR) is 81.5 cm³/mol. The molecule has 1 amide bonds. The Morgan fingerprint density at radius 3 is 2.52 bits per heavy atom. The molecular weight excluding hydrogens is 313 g/mol. The minimum atomic E-state index is -0.820. The van der Waals surface area contributed by atoms with E-state index in [9.17, 15) is 9.59 Å². The van der Waals surface area contributed by atoms with Crippen molar-refractivity contribution in [2.75, 3.05) is 0 Å². The summed E-state index contributed by atoms with van der Waals surface area (Å²) in [6.45, 7) is 1.84. The molecule has 0 heterocycles. The number of benzene rings is 1. The third kappa shape index (κ3) is 3.89. The fraction of sp³-hybridized carbons (Fsp3) is 0.467. The molecule has 1 fully saturated rings. The molecule has 114 valence electrons. The quantitative estimate of drug-likeness (QED) is 0.885. The number of hydrogen-bond donors (Lipinski definition) is 2. The van der Waals surface area contributed by atoms with Crippen molar-refractivity contribution >= 4 is 35.1 Å². The minimum Gasteiger partial charge on any atom is -0.481 e. The monoisotopic (exact) mass is 329 g/mol. The van der Waals surface area contributed by atoms with E-state index in [4.69, 9.17) is 28.3 Å². The maximum atomic E-state index is 12.2. The third-order valence-electron chi connectivity index (χ3n) is 3.94. The van der Waals surface area contributed by atoms with Crippen molar-refractivity contribution in [1.82, 2.24) is 5.32 Å². The van der Waals surface area contributed by atoms with Crippen LogP contribution >= 0.6 is 23.2 Å². The molecule has 4 nitrogen and oxygen atoms in total. The summed E-state index contributed by atoms with van der Waals surface area (Å²) in [5, 5.41) is 12.9. The van der Waals surface area contributed by atoms with Crippen LogP contribution in [0.15, 0.2) is 18.2 Å². The molecule has 0 spiro atoms. The first-order chi connectivity index (χ1) is 9.88. The van der Waals surface area contributed by atoms with E-state index >= 15 is 0 Å². The van der Waals surface area contributed by atoms with E-state index in [1.165, 1.54) is 0 Å². The Kier molecular flexibility index (Phi) is 5.12. The largest absolute Gasteiger partial charge is 0.481 e. The van der Waals surface area contributed by atoms with Gasteiger partial charge >= 0.3 is 5.97 Å². The number of hydrogen-bond acceptors (Lipinski definition) is 2. The van der Waals surface area contributed by atoms with E-state index in [2.05, 4.69) is 5.32 Å². The van der Waals surface area contributed by atoms with Gasteiger partial charge in [-0.3, -0.25) is 9.59 Å². The number of carbonyl (C=O) groups is 2. The molecule has 2 rings (SSSR count). The van der Waals surface area contributed by atoms with Crippen molar-refractivity contribution in [3.8, 4) is 0 Å². The molecule has 1 aromatic carbocycles. The summed E-state index contributed by atoms with van der Waals surface area (Å²) in [5.74, 6) is -1.58. The Hall–Kier alpha value is -1.26. The van der Waals surface area contributed by atoms with Gasteiger partial charge in [0.25, 0.3) is 0 Å². The highest BCUT2D eigenvalue weighted by Gasteiger charge is 2.34. The first kappa shape index (κ1) is 16.1. The fourth-order valence-electron chi connectivity index (χ4n) is 2.71. The van der Waals surface area contributed by atoms with E-state index in [1.807, 2.05) is 6.92 Å². The summed E-state index contributed by atoms with van der Waals surface area (Å²) in [7, 11) is 0. The van der Waals surface area contributed by atoms with Gasteiger partial charge in [0.1, 0.15) is 0 Å². The van der Waals surface area contributed by atoms with E-state index < -0.39 is 11.9 Å². The number of amides is 1. The van der Waals surface area contributed by atoms with Crippen LogP contribution in [0.1, 0.15) is 37.8 Å². The molecule has 6 heteroatoms. The van der Waals surface area contributed by atoms with Gasteiger partial charge in [-0.05, 0) is 43.9 Å². The Balaban J connectivity index is 1.98. The first-order valence-electron chi connectivity index (χ1n) is 6.86. The molecule has 0 saturated heterocycles. The summed E-state index contributed by atoms with van der Waals surface area (Å²) >= 11 is 12.0. The standard InChI is InChI=1S/C15H17Cl2NO3/c1-8(12-5-4-11(16)7-13(12)17)18-14(19)9-2-3-10(6-9)15(20)21/h4-5,7-10H,2-3,6H2,1H3,(H,18,19)(H,20,21)/t8?,9-,10+/m1/s1. The molecule has 0 aromatic heterocycles. The zero-order valence-corrected chi connectivity index (χ0v) is 13.1. The Morgan fingerprint density at radius 2 is 1.95 bits per heavy atom. The zero-order chi connectivity index (χ0) is 15.6. The van der Waals surface area contributed by atoms with Gasteiger partial charge in [-0.2, -0.15) is 0 Å². The summed E-state index contributed by atoms with van der Waals surface area (Å²) < 4.78 is 0. The van der Waals surface area contributed by atoms with Crippen LogP contribution in [0.5, 0.6) is 0 Å². The van der Waals surface area contributed by atoms with E-state index in [1.54, 1.807) is 18.2 Å². The number of carbonyl (C=O) groups excluding carboxylic acids is 1. The molecule has 1 unspecified atom stereocenters. The Labute approximate surface area is 133 Å². The molecular formula is C15H17Cl2NO3. The maximum absolute atomic E-state index is 12.2. The number of nitrogens with one attached hydrogen (secondary N) is 1. The lowest BCUT2D eigenvalue weighted by Gasteiger charge is -2.18. The zero-order valence-electron chi connectivity index (χ0n) is 11.6. The lowest BCUT2D eigenvalue weighted by atomic mass is 10.0. The van der Waals surface area contributed by atoms with Gasteiger partial charge in [0.2, 0.25) is 5.91 Å². The second kappa shape index (κ2) is 6.67. The Bertz CT molecular complexity index is 562. The van der Waals surface area contributed by atoms with Gasteiger partial charge in [0, 0.05) is 16.0 Å². The molecule has 1 saturated carbocycles. The van der Waals surface area contributed by atoms with E-state index in [0.29, 0.717) is 29.3 Å². The SMILES string of the molecule is CC(NC(=O)[C@@H]1CC[C@H](C(=O)O)C1)c1ccc(Cl)cc1Cl. The highest BCUT2D eigenvalue weighted by Crippen LogP contribution is 2.32. The second-order valence-corrected chi connectivity index (χ2v) is 6.28. The Morgan fingerprint density at radius 1 is 1.29 bits per heavy atom. The van der Waals surface area contributed by atoms with Crippen LogP contribution in [0.25, 0.3) is 0 Å². The summed E-state index contributed by atoms with van der Waals surface area (Å²) in [4.78, 5) is 23.1. The van der Waals surface area contributed by atoms with Crippen LogP contribution in [0.4, 0.5) is 0 Å². The van der Waals surface area contributed by atoms with Crippen LogP contribution in [0, 0.1) is 11.8 Å². The summed E-state index contributed by atoms with van der Waals surface area (Å²) in [6.07, 6.45) is 1.58. The van der Waals surface area contributed by atoms with Gasteiger partial charge in [-0.15, -0.1) is 0 Å². The van der Waals surface area contributed by atoms with Crippen LogP contribution in [0.2, 0.25) is 10.0 Å². The molecule has 0 radical (unpaired) electrons. The highest BCUT2D eigenvalue weighted by molar-refractivity contribution is 6.35. The molecule has 0 bridgehead atoms. The molecule has 1 aliphatic carbocycles. The van der Waals surface area contributed by atoms with Crippen LogP contribution in [0.3, 0.4) is 0 Å². The van der Waals surface area contributed by atoms with Crippen LogP contribution in [-0.2, 0) is 9.59 Å². The minimum absolute atomic E-state index is 0.114. The number of aliphatic carboxylic acids is 1. The second-order valence-electron chi connectivity index (χ2n) is 5.44. The van der Waals surface area contributed by atoms with Crippen molar-refractivity contribution in [1.29, 1.82) is 0 Å². The number of rotatable bonds is 4. The molecule has 3 atom stereocenters. The van der Waals surface area contributed by atoms with E-state index in [0.717, 1.165) is 5.56 Å². The third-order valence-corrected chi connectivity index (χ3v) is 4.50. The number of carboxylic acid groups (broad SMARTS) is 1. The molecule has 1 aliphatic rings. The van der Waals surface area contributed by atoms with Crippen molar-refractivity contribution in [2.24, 2.45) is 11.8 Å². The van der Waals surface area contributed by atoms with Crippen molar-refractivity contribution in [2.45, 2.75) is 32.2 Å². The molecule has 21 heavy (non-hydrogen) atoms. The van der Waals surface area contributed by atoms with Crippen molar-refractivity contribution in [3.05, 3.63) is 33.8 Å². The highest BCUT2D eigenvalue weighted by atomic mass is 35.5. The van der Waals surface area contributed by atoms with E-state index in [-0.39, 0.29) is 17.9 Å². The lowest BCUT2D eigenvalue weighted by molar-refractivity contribution is -0.141. The van der Waals surface area contributed by atoms with Gasteiger partial charge in [-0.1, -0.05) is 29.3 Å².